The summed E-state index contributed by atoms with van der Waals surface area (Å²) in [6.07, 6.45) is 1.78. The molecule has 0 aromatic carbocycles. The molecule has 82 valence electrons. The summed E-state index contributed by atoms with van der Waals surface area (Å²) in [5.41, 5.74) is 0.894. The van der Waals surface area contributed by atoms with E-state index in [0.29, 0.717) is 0 Å². The van der Waals surface area contributed by atoms with Crippen LogP contribution in [-0.2, 0) is 13.1 Å². The lowest BCUT2D eigenvalue weighted by Crippen LogP contribution is -2.30. The Kier molecular flexibility index (Phi) is 2.18. The smallest absolute Gasteiger partial charge is 0.182 e. The van der Waals surface area contributed by atoms with Gasteiger partial charge in [-0.1, -0.05) is 6.07 Å². The fraction of sp³-hybridized carbons (Fsp3) is 0.364. The van der Waals surface area contributed by atoms with Crippen LogP contribution in [0.25, 0.3) is 11.5 Å². The van der Waals surface area contributed by atoms with E-state index in [4.69, 9.17) is 0 Å². The van der Waals surface area contributed by atoms with Crippen LogP contribution in [0.2, 0.25) is 0 Å². The van der Waals surface area contributed by atoms with E-state index in [1.54, 1.807) is 6.20 Å². The molecule has 5 heteroatoms. The second-order valence-corrected chi connectivity index (χ2v) is 4.04. The second-order valence-electron chi connectivity index (χ2n) is 4.04. The van der Waals surface area contributed by atoms with Gasteiger partial charge in [-0.2, -0.15) is 0 Å². The van der Waals surface area contributed by atoms with Crippen molar-refractivity contribution in [2.75, 3.05) is 13.6 Å². The number of hydrogen-bond donors (Lipinski definition) is 0. The standard InChI is InChI=1S/C11H13N5/c1-15-6-7-16-10(8-15)13-14-11(16)9-4-2-3-5-12-9/h2-5H,6-8H2,1H3. The third-order valence-corrected chi connectivity index (χ3v) is 2.84. The lowest BCUT2D eigenvalue weighted by atomic mass is 10.3. The molecule has 0 fully saturated rings. The van der Waals surface area contributed by atoms with Crippen LogP contribution < -0.4 is 0 Å². The highest BCUT2D eigenvalue weighted by atomic mass is 15.3. The van der Waals surface area contributed by atoms with Gasteiger partial charge in [-0.15, -0.1) is 10.2 Å². The molecule has 5 nitrogen and oxygen atoms in total. The second kappa shape index (κ2) is 3.68. The predicted octanol–water partition coefficient (Wildman–Crippen LogP) is 0.786. The Morgan fingerprint density at radius 2 is 2.12 bits per heavy atom. The molecule has 0 N–H and O–H groups in total. The van der Waals surface area contributed by atoms with E-state index < -0.39 is 0 Å². The van der Waals surface area contributed by atoms with Crippen molar-refractivity contribution in [3.05, 3.63) is 30.2 Å². The summed E-state index contributed by atoms with van der Waals surface area (Å²) >= 11 is 0. The summed E-state index contributed by atoms with van der Waals surface area (Å²) in [5.74, 6) is 1.90. The topological polar surface area (TPSA) is 46.8 Å². The first-order valence-corrected chi connectivity index (χ1v) is 5.36. The van der Waals surface area contributed by atoms with Gasteiger partial charge in [0.2, 0.25) is 0 Å². The van der Waals surface area contributed by atoms with Gasteiger partial charge in [-0.3, -0.25) is 9.88 Å². The number of rotatable bonds is 1. The van der Waals surface area contributed by atoms with Crippen LogP contribution in [0.4, 0.5) is 0 Å². The molecule has 0 spiro atoms. The molecule has 0 atom stereocenters. The van der Waals surface area contributed by atoms with E-state index in [2.05, 4.69) is 31.7 Å². The Balaban J connectivity index is 2.04. The SMILES string of the molecule is CN1CCn2c(nnc2-c2ccccn2)C1. The number of pyridine rings is 1. The average molecular weight is 215 g/mol. The lowest BCUT2D eigenvalue weighted by molar-refractivity contribution is 0.265. The van der Waals surface area contributed by atoms with Crippen LogP contribution in [0.1, 0.15) is 5.82 Å². The molecule has 0 unspecified atom stereocenters. The zero-order valence-corrected chi connectivity index (χ0v) is 9.17. The van der Waals surface area contributed by atoms with Crippen molar-refractivity contribution in [1.82, 2.24) is 24.6 Å². The lowest BCUT2D eigenvalue weighted by Gasteiger charge is -2.23. The molecule has 2 aromatic rings. The molecule has 0 radical (unpaired) electrons. The summed E-state index contributed by atoms with van der Waals surface area (Å²) in [6.45, 7) is 2.83. The summed E-state index contributed by atoms with van der Waals surface area (Å²) in [7, 11) is 2.10. The van der Waals surface area contributed by atoms with Crippen LogP contribution in [-0.4, -0.2) is 38.2 Å². The normalized spacial score (nSPS) is 16.1. The van der Waals surface area contributed by atoms with Gasteiger partial charge in [0, 0.05) is 19.3 Å². The highest BCUT2D eigenvalue weighted by Crippen LogP contribution is 2.18. The minimum atomic E-state index is 0.861. The first kappa shape index (κ1) is 9.47. The molecule has 3 rings (SSSR count). The first-order chi connectivity index (χ1) is 7.84. The summed E-state index contributed by atoms with van der Waals surface area (Å²) in [4.78, 5) is 6.55. The van der Waals surface area contributed by atoms with Crippen LogP contribution in [0.15, 0.2) is 24.4 Å². The van der Waals surface area contributed by atoms with Gasteiger partial charge in [-0.05, 0) is 19.2 Å². The van der Waals surface area contributed by atoms with Gasteiger partial charge in [-0.25, -0.2) is 0 Å². The molecule has 1 aliphatic heterocycles. The number of aromatic nitrogens is 4. The number of hydrogen-bond acceptors (Lipinski definition) is 4. The van der Waals surface area contributed by atoms with Gasteiger partial charge < -0.3 is 4.57 Å². The van der Waals surface area contributed by atoms with E-state index in [1.165, 1.54) is 0 Å². The van der Waals surface area contributed by atoms with Crippen LogP contribution in [0.3, 0.4) is 0 Å². The molecule has 3 heterocycles. The summed E-state index contributed by atoms with van der Waals surface area (Å²) in [5, 5.41) is 8.44. The maximum atomic E-state index is 4.31. The van der Waals surface area contributed by atoms with Crippen molar-refractivity contribution < 1.29 is 0 Å². The van der Waals surface area contributed by atoms with E-state index >= 15 is 0 Å². The molecule has 0 saturated carbocycles. The maximum absolute atomic E-state index is 4.31. The monoisotopic (exact) mass is 215 g/mol. The summed E-state index contributed by atoms with van der Waals surface area (Å²) in [6, 6.07) is 5.85. The molecule has 2 aromatic heterocycles. The summed E-state index contributed by atoms with van der Waals surface area (Å²) < 4.78 is 2.16. The molecular formula is C11H13N5. The molecular weight excluding hydrogens is 202 g/mol. The zero-order chi connectivity index (χ0) is 11.0. The van der Waals surface area contributed by atoms with Crippen LogP contribution >= 0.6 is 0 Å². The third-order valence-electron chi connectivity index (χ3n) is 2.84. The van der Waals surface area contributed by atoms with E-state index in [-0.39, 0.29) is 0 Å². The highest BCUT2D eigenvalue weighted by molar-refractivity contribution is 5.49. The minimum Gasteiger partial charge on any atom is -0.307 e. The molecule has 1 aliphatic rings. The number of likely N-dealkylation sites (N-methyl/N-ethyl adjacent to an activating group) is 1. The Morgan fingerprint density at radius 1 is 1.19 bits per heavy atom. The average Bonchev–Trinajstić information content (AvgIpc) is 2.73. The van der Waals surface area contributed by atoms with Gasteiger partial charge in [0.25, 0.3) is 0 Å². The number of nitrogens with zero attached hydrogens (tertiary/aromatic N) is 5. The van der Waals surface area contributed by atoms with Crippen molar-refractivity contribution in [2.24, 2.45) is 0 Å². The van der Waals surface area contributed by atoms with Crippen molar-refractivity contribution >= 4 is 0 Å². The van der Waals surface area contributed by atoms with Crippen LogP contribution in [0, 0.1) is 0 Å². The Labute approximate surface area is 93.7 Å². The van der Waals surface area contributed by atoms with Crippen molar-refractivity contribution in [2.45, 2.75) is 13.1 Å². The van der Waals surface area contributed by atoms with E-state index in [1.807, 2.05) is 18.2 Å². The van der Waals surface area contributed by atoms with Gasteiger partial charge in [0.05, 0.1) is 6.54 Å². The fourth-order valence-electron chi connectivity index (χ4n) is 1.96. The quantitative estimate of drug-likeness (QED) is 0.705. The van der Waals surface area contributed by atoms with E-state index in [0.717, 1.165) is 37.0 Å². The molecule has 0 amide bonds. The van der Waals surface area contributed by atoms with E-state index in [9.17, 15) is 0 Å². The highest BCUT2D eigenvalue weighted by Gasteiger charge is 2.19. The van der Waals surface area contributed by atoms with Crippen LogP contribution in [0.5, 0.6) is 0 Å². The van der Waals surface area contributed by atoms with Gasteiger partial charge in [0.15, 0.2) is 5.82 Å². The molecule has 0 saturated heterocycles. The zero-order valence-electron chi connectivity index (χ0n) is 9.17. The van der Waals surface area contributed by atoms with Crippen molar-refractivity contribution in [3.8, 4) is 11.5 Å². The van der Waals surface area contributed by atoms with Crippen molar-refractivity contribution in [3.63, 3.8) is 0 Å². The minimum absolute atomic E-state index is 0.861. The Hall–Kier alpha value is -1.75. The molecule has 16 heavy (non-hydrogen) atoms. The Bertz CT molecular complexity index is 490. The van der Waals surface area contributed by atoms with Gasteiger partial charge in [0.1, 0.15) is 11.5 Å². The number of fused-ring (bicyclic) bond motifs is 1. The third kappa shape index (κ3) is 1.49. The predicted molar refractivity (Wildman–Crippen MR) is 59.6 cm³/mol. The van der Waals surface area contributed by atoms with Gasteiger partial charge >= 0.3 is 0 Å². The maximum Gasteiger partial charge on any atom is 0.182 e. The Morgan fingerprint density at radius 3 is 2.94 bits per heavy atom. The molecule has 0 aliphatic carbocycles. The first-order valence-electron chi connectivity index (χ1n) is 5.36. The molecule has 0 bridgehead atoms. The fourth-order valence-corrected chi connectivity index (χ4v) is 1.96. The largest absolute Gasteiger partial charge is 0.307 e. The van der Waals surface area contributed by atoms with Crippen molar-refractivity contribution in [1.29, 1.82) is 0 Å².